The maximum atomic E-state index is 8.43. The summed E-state index contributed by atoms with van der Waals surface area (Å²) >= 11 is 0. The average Bonchev–Trinajstić information content (AvgIpc) is 2.23. The third-order valence-electron chi connectivity index (χ3n) is 3.86. The van der Waals surface area contributed by atoms with Crippen molar-refractivity contribution in [2.45, 2.75) is 40.5 Å². The van der Waals surface area contributed by atoms with Gasteiger partial charge in [-0.25, -0.2) is 0 Å². The molecular formula is C10H17N. The maximum absolute atomic E-state index is 8.43. The van der Waals surface area contributed by atoms with Gasteiger partial charge in [0.2, 0.25) is 0 Å². The predicted molar refractivity (Wildman–Crippen MR) is 45.9 cm³/mol. The maximum Gasteiger partial charge on any atom is 0.0621 e. The monoisotopic (exact) mass is 151 g/mol. The molecule has 1 saturated carbocycles. The van der Waals surface area contributed by atoms with Crippen LogP contribution in [0.2, 0.25) is 0 Å². The summed E-state index contributed by atoms with van der Waals surface area (Å²) in [6.07, 6.45) is 1.80. The van der Waals surface area contributed by atoms with Gasteiger partial charge in [-0.15, -0.1) is 0 Å². The minimum absolute atomic E-state index is 0.462. The zero-order chi connectivity index (χ0) is 8.70. The molecule has 0 aromatic carbocycles. The number of hydrogen-bond acceptors (Lipinski definition) is 1. The first-order valence-electron chi connectivity index (χ1n) is 4.31. The van der Waals surface area contributed by atoms with Crippen molar-refractivity contribution in [1.29, 1.82) is 5.26 Å². The van der Waals surface area contributed by atoms with Crippen LogP contribution >= 0.6 is 0 Å². The summed E-state index contributed by atoms with van der Waals surface area (Å²) in [6.45, 7) is 9.20. The van der Waals surface area contributed by atoms with Crippen LogP contribution in [-0.2, 0) is 0 Å². The lowest BCUT2D eigenvalue weighted by Gasteiger charge is -2.04. The Morgan fingerprint density at radius 3 is 1.91 bits per heavy atom. The first-order chi connectivity index (χ1) is 4.94. The fraction of sp³-hybridized carbons (Fsp3) is 0.900. The highest BCUT2D eigenvalue weighted by atomic mass is 14.7. The van der Waals surface area contributed by atoms with Crippen LogP contribution in [0.25, 0.3) is 0 Å². The quantitative estimate of drug-likeness (QED) is 0.595. The van der Waals surface area contributed by atoms with Gasteiger partial charge >= 0.3 is 0 Å². The van der Waals surface area contributed by atoms with Gasteiger partial charge in [0.1, 0.15) is 0 Å². The molecule has 0 unspecified atom stereocenters. The van der Waals surface area contributed by atoms with Crippen molar-refractivity contribution >= 4 is 0 Å². The molecule has 0 heterocycles. The summed E-state index contributed by atoms with van der Waals surface area (Å²) in [5.41, 5.74) is 0.924. The Labute approximate surface area is 69.4 Å². The molecule has 1 nitrogen and oxygen atoms in total. The van der Waals surface area contributed by atoms with E-state index in [1.807, 2.05) is 0 Å². The Bertz CT molecular complexity index is 181. The molecular weight excluding hydrogens is 134 g/mol. The van der Waals surface area contributed by atoms with Gasteiger partial charge in [-0.05, 0) is 23.2 Å². The van der Waals surface area contributed by atoms with Crippen LogP contribution in [0.1, 0.15) is 40.5 Å². The van der Waals surface area contributed by atoms with Crippen LogP contribution in [-0.4, -0.2) is 0 Å². The molecule has 1 fully saturated rings. The molecule has 0 spiro atoms. The zero-order valence-electron chi connectivity index (χ0n) is 7.94. The van der Waals surface area contributed by atoms with E-state index in [1.54, 1.807) is 0 Å². The lowest BCUT2D eigenvalue weighted by Crippen LogP contribution is -1.95. The van der Waals surface area contributed by atoms with Gasteiger partial charge in [0.15, 0.2) is 0 Å². The van der Waals surface area contributed by atoms with Crippen molar-refractivity contribution in [3.05, 3.63) is 0 Å². The Hall–Kier alpha value is -0.510. The summed E-state index contributed by atoms with van der Waals surface area (Å²) in [4.78, 5) is 0. The van der Waals surface area contributed by atoms with Gasteiger partial charge in [-0.3, -0.25) is 0 Å². The molecule has 1 rings (SSSR count). The van der Waals surface area contributed by atoms with Crippen LogP contribution in [0, 0.1) is 28.1 Å². The molecule has 11 heavy (non-hydrogen) atoms. The van der Waals surface area contributed by atoms with E-state index >= 15 is 0 Å². The molecule has 0 aliphatic heterocycles. The summed E-state index contributed by atoms with van der Waals surface area (Å²) in [5.74, 6) is 0.759. The van der Waals surface area contributed by atoms with Crippen LogP contribution in [0.5, 0.6) is 0 Å². The van der Waals surface area contributed by atoms with Gasteiger partial charge < -0.3 is 0 Å². The average molecular weight is 151 g/mol. The first-order valence-corrected chi connectivity index (χ1v) is 4.31. The smallest absolute Gasteiger partial charge is 0.0621 e. The highest BCUT2D eigenvalue weighted by Gasteiger charge is 2.63. The van der Waals surface area contributed by atoms with E-state index in [1.165, 1.54) is 0 Å². The van der Waals surface area contributed by atoms with Gasteiger partial charge in [-0.1, -0.05) is 27.7 Å². The van der Waals surface area contributed by atoms with Crippen molar-refractivity contribution in [1.82, 2.24) is 0 Å². The second-order valence-corrected chi connectivity index (χ2v) is 4.69. The van der Waals surface area contributed by atoms with E-state index in [4.69, 9.17) is 5.26 Å². The number of nitriles is 1. The van der Waals surface area contributed by atoms with Crippen molar-refractivity contribution < 1.29 is 0 Å². The van der Waals surface area contributed by atoms with Gasteiger partial charge in [0, 0.05) is 6.42 Å². The SMILES string of the molecule is CC1(C)C(CCC#N)C1(C)C. The summed E-state index contributed by atoms with van der Waals surface area (Å²) in [7, 11) is 0. The Balaban J connectivity index is 2.48. The van der Waals surface area contributed by atoms with Crippen LogP contribution in [0.15, 0.2) is 0 Å². The van der Waals surface area contributed by atoms with Gasteiger partial charge in [0.25, 0.3) is 0 Å². The summed E-state index contributed by atoms with van der Waals surface area (Å²) in [5, 5.41) is 8.43. The molecule has 0 atom stereocenters. The number of nitrogens with zero attached hydrogens (tertiary/aromatic N) is 1. The van der Waals surface area contributed by atoms with E-state index < -0.39 is 0 Å². The summed E-state index contributed by atoms with van der Waals surface area (Å²) in [6, 6.07) is 2.21. The second-order valence-electron chi connectivity index (χ2n) is 4.69. The molecule has 0 radical (unpaired) electrons. The predicted octanol–water partition coefficient (Wildman–Crippen LogP) is 2.97. The van der Waals surface area contributed by atoms with E-state index in [0.717, 1.165) is 18.8 Å². The lowest BCUT2D eigenvalue weighted by molar-refractivity contribution is 0.457. The fourth-order valence-electron chi connectivity index (χ4n) is 2.26. The molecule has 1 aliphatic carbocycles. The third-order valence-corrected chi connectivity index (χ3v) is 3.86. The third kappa shape index (κ3) is 1.05. The Morgan fingerprint density at radius 2 is 1.64 bits per heavy atom. The van der Waals surface area contributed by atoms with Crippen LogP contribution in [0.3, 0.4) is 0 Å². The number of rotatable bonds is 2. The molecule has 0 bridgehead atoms. The van der Waals surface area contributed by atoms with Crippen molar-refractivity contribution in [2.75, 3.05) is 0 Å². The second kappa shape index (κ2) is 2.24. The minimum atomic E-state index is 0.462. The van der Waals surface area contributed by atoms with E-state index in [0.29, 0.717) is 10.8 Å². The standard InChI is InChI=1S/C10H17N/c1-9(2)8(6-5-7-11)10(9,3)4/h8H,5-6H2,1-4H3. The fourth-order valence-corrected chi connectivity index (χ4v) is 2.26. The van der Waals surface area contributed by atoms with Crippen molar-refractivity contribution in [2.24, 2.45) is 16.7 Å². The molecule has 62 valence electrons. The molecule has 0 N–H and O–H groups in total. The molecule has 1 aliphatic rings. The van der Waals surface area contributed by atoms with Crippen LogP contribution in [0.4, 0.5) is 0 Å². The van der Waals surface area contributed by atoms with E-state index in [9.17, 15) is 0 Å². The number of hydrogen-bond donors (Lipinski definition) is 0. The zero-order valence-corrected chi connectivity index (χ0v) is 7.94. The summed E-state index contributed by atoms with van der Waals surface area (Å²) < 4.78 is 0. The Morgan fingerprint density at radius 1 is 1.18 bits per heavy atom. The highest BCUT2D eigenvalue weighted by molar-refractivity contribution is 5.12. The van der Waals surface area contributed by atoms with Crippen LogP contribution < -0.4 is 0 Å². The topological polar surface area (TPSA) is 23.8 Å². The van der Waals surface area contributed by atoms with Gasteiger partial charge in [-0.2, -0.15) is 5.26 Å². The van der Waals surface area contributed by atoms with Crippen molar-refractivity contribution in [3.63, 3.8) is 0 Å². The normalized spacial score (nSPS) is 26.1. The Kier molecular flexibility index (Phi) is 1.75. The van der Waals surface area contributed by atoms with Gasteiger partial charge in [0.05, 0.1) is 6.07 Å². The molecule has 0 aromatic heterocycles. The highest BCUT2D eigenvalue weighted by Crippen LogP contribution is 2.69. The molecule has 1 heteroatoms. The first kappa shape index (κ1) is 8.59. The largest absolute Gasteiger partial charge is 0.198 e. The molecule has 0 aromatic rings. The lowest BCUT2D eigenvalue weighted by atomic mass is 10.0. The van der Waals surface area contributed by atoms with Crippen molar-refractivity contribution in [3.8, 4) is 6.07 Å². The molecule has 0 amide bonds. The van der Waals surface area contributed by atoms with E-state index in [2.05, 4.69) is 33.8 Å². The molecule has 0 saturated heterocycles. The minimum Gasteiger partial charge on any atom is -0.198 e. The van der Waals surface area contributed by atoms with E-state index in [-0.39, 0.29) is 0 Å².